The number of aryl methyl sites for hydroxylation is 1. The summed E-state index contributed by atoms with van der Waals surface area (Å²) in [6.45, 7) is 10.5. The van der Waals surface area contributed by atoms with Crippen molar-refractivity contribution >= 4 is 24.2 Å². The average molecular weight is 716 g/mol. The van der Waals surface area contributed by atoms with Gasteiger partial charge in [0.2, 0.25) is 0 Å². The van der Waals surface area contributed by atoms with Gasteiger partial charge in [0.1, 0.15) is 40.5 Å². The van der Waals surface area contributed by atoms with E-state index in [1.807, 2.05) is 13.1 Å². The van der Waals surface area contributed by atoms with E-state index in [2.05, 4.69) is 48.9 Å². The third kappa shape index (κ3) is 7.58. The maximum Gasteiger partial charge on any atom is 0.268 e. The molecule has 2 aromatic carbocycles. The Labute approximate surface area is 287 Å². The molecule has 0 amide bonds. The Kier molecular flexibility index (Phi) is 10.4. The molecule has 264 valence electrons. The summed E-state index contributed by atoms with van der Waals surface area (Å²) < 4.78 is 86.3. The highest BCUT2D eigenvalue weighted by molar-refractivity contribution is 7.92. The molecule has 1 aliphatic rings. The largest absolute Gasteiger partial charge is 0.497 e. The van der Waals surface area contributed by atoms with Crippen LogP contribution in [0.25, 0.3) is 0 Å². The van der Waals surface area contributed by atoms with E-state index in [1.165, 1.54) is 32.8 Å². The second-order valence-corrected chi connectivity index (χ2v) is 20.2. The predicted molar refractivity (Wildman–Crippen MR) is 183 cm³/mol. The van der Waals surface area contributed by atoms with Crippen LogP contribution in [0.4, 0.5) is 14.6 Å². The van der Waals surface area contributed by atoms with Gasteiger partial charge in [-0.3, -0.25) is 4.68 Å². The summed E-state index contributed by atoms with van der Waals surface area (Å²) in [6.07, 6.45) is 4.49. The first kappa shape index (κ1) is 36.2. The van der Waals surface area contributed by atoms with Crippen molar-refractivity contribution in [2.75, 3.05) is 18.5 Å². The monoisotopic (exact) mass is 715 g/mol. The van der Waals surface area contributed by atoms with Crippen molar-refractivity contribution in [3.63, 3.8) is 0 Å². The number of rotatable bonds is 12. The third-order valence-electron chi connectivity index (χ3n) is 9.43. The molecule has 3 unspecified atom stereocenters. The highest BCUT2D eigenvalue weighted by Gasteiger charge is 2.45. The number of hydrogen-bond donors (Lipinski definition) is 0. The van der Waals surface area contributed by atoms with Gasteiger partial charge in [0.05, 0.1) is 20.8 Å². The van der Waals surface area contributed by atoms with Crippen LogP contribution in [0.15, 0.2) is 66.1 Å². The van der Waals surface area contributed by atoms with E-state index in [1.54, 1.807) is 29.1 Å². The van der Waals surface area contributed by atoms with Crippen molar-refractivity contribution in [3.8, 4) is 17.2 Å². The van der Waals surface area contributed by atoms with E-state index >= 15 is 8.78 Å². The van der Waals surface area contributed by atoms with Gasteiger partial charge in [-0.25, -0.2) is 31.5 Å². The molecule has 0 spiro atoms. The second kappa shape index (κ2) is 14.0. The maximum atomic E-state index is 16.0. The molecule has 0 saturated heterocycles. The Morgan fingerprint density at radius 2 is 1.73 bits per heavy atom. The van der Waals surface area contributed by atoms with Crippen molar-refractivity contribution in [1.29, 1.82) is 0 Å². The van der Waals surface area contributed by atoms with Gasteiger partial charge in [-0.15, -0.1) is 0 Å². The predicted octanol–water partition coefficient (Wildman–Crippen LogP) is 6.62. The van der Waals surface area contributed by atoms with Crippen molar-refractivity contribution in [3.05, 3.63) is 84.1 Å². The fourth-order valence-corrected chi connectivity index (χ4v) is 8.61. The standard InChI is InChI=1S/C34H43F2N5O6SSi/c1-34(2,3)49(7,8)47-24-15-25(28-11-14-39-40(28)4)30(17-24)46-31-18-27(36)32(19-26(31)35)48(42,43)41(33-12-13-37-21-38-33)20-22-9-10-23(44-5)16-29(22)45-6/h9-14,16,18-19,21,24-25,30H,15,17,20H2,1-8H3. The van der Waals surface area contributed by atoms with Crippen molar-refractivity contribution < 1.29 is 35.8 Å². The molecule has 15 heteroatoms. The van der Waals surface area contributed by atoms with Crippen LogP contribution >= 0.6 is 0 Å². The fourth-order valence-electron chi connectivity index (χ4n) is 5.77. The van der Waals surface area contributed by atoms with Crippen LogP contribution in [0, 0.1) is 11.6 Å². The Morgan fingerprint density at radius 1 is 0.980 bits per heavy atom. The van der Waals surface area contributed by atoms with Crippen molar-refractivity contribution in [1.82, 2.24) is 19.7 Å². The van der Waals surface area contributed by atoms with Gasteiger partial charge in [0, 0.05) is 73.4 Å². The van der Waals surface area contributed by atoms with Gasteiger partial charge in [-0.2, -0.15) is 5.10 Å². The van der Waals surface area contributed by atoms with E-state index in [0.717, 1.165) is 16.1 Å². The SMILES string of the molecule is COc1ccc(CN(c2ccncn2)S(=O)(=O)c2cc(F)c(OC3CC(O[Si](C)(C)C(C)(C)C)CC3c3ccnn3C)cc2F)c(OC)c1. The molecule has 0 bridgehead atoms. The minimum Gasteiger partial charge on any atom is -0.497 e. The minimum atomic E-state index is -4.73. The number of ether oxygens (including phenoxy) is 3. The Bertz CT molecular complexity index is 1890. The van der Waals surface area contributed by atoms with Crippen LogP contribution in [0.5, 0.6) is 17.2 Å². The van der Waals surface area contributed by atoms with Gasteiger partial charge < -0.3 is 18.6 Å². The van der Waals surface area contributed by atoms with Crippen LogP contribution < -0.4 is 18.5 Å². The minimum absolute atomic E-state index is 0.0251. The molecule has 1 saturated carbocycles. The van der Waals surface area contributed by atoms with Crippen molar-refractivity contribution in [2.24, 2.45) is 7.05 Å². The number of sulfonamides is 1. The zero-order valence-corrected chi connectivity index (χ0v) is 30.8. The molecule has 4 aromatic rings. The van der Waals surface area contributed by atoms with Gasteiger partial charge in [0.25, 0.3) is 10.0 Å². The lowest BCUT2D eigenvalue weighted by atomic mass is 10.0. The molecule has 2 heterocycles. The Hall–Kier alpha value is -4.08. The number of methoxy groups -OCH3 is 2. The molecule has 1 aliphatic carbocycles. The van der Waals surface area contributed by atoms with Crippen LogP contribution in [-0.2, 0) is 28.0 Å². The zero-order valence-electron chi connectivity index (χ0n) is 29.0. The lowest BCUT2D eigenvalue weighted by Gasteiger charge is -2.38. The van der Waals surface area contributed by atoms with E-state index in [9.17, 15) is 8.42 Å². The quantitative estimate of drug-likeness (QED) is 0.149. The number of hydrogen-bond acceptors (Lipinski definition) is 9. The summed E-state index contributed by atoms with van der Waals surface area (Å²) in [6, 6.07) is 9.53. The average Bonchev–Trinajstić information content (AvgIpc) is 3.65. The van der Waals surface area contributed by atoms with Crippen LogP contribution in [0.3, 0.4) is 0 Å². The van der Waals surface area contributed by atoms with E-state index in [-0.39, 0.29) is 29.4 Å². The summed E-state index contributed by atoms with van der Waals surface area (Å²) in [5, 5.41) is 4.28. The van der Waals surface area contributed by atoms with Gasteiger partial charge >= 0.3 is 0 Å². The zero-order chi connectivity index (χ0) is 35.7. The number of nitrogens with zero attached hydrogens (tertiary/aromatic N) is 5. The summed E-state index contributed by atoms with van der Waals surface area (Å²) >= 11 is 0. The van der Waals surface area contributed by atoms with Gasteiger partial charge in [-0.05, 0) is 42.8 Å². The van der Waals surface area contributed by atoms with Gasteiger partial charge in [-0.1, -0.05) is 20.8 Å². The highest BCUT2D eigenvalue weighted by Crippen LogP contribution is 2.44. The first-order valence-electron chi connectivity index (χ1n) is 15.9. The molecule has 49 heavy (non-hydrogen) atoms. The molecule has 11 nitrogen and oxygen atoms in total. The van der Waals surface area contributed by atoms with Crippen LogP contribution in [0.2, 0.25) is 18.1 Å². The number of aromatic nitrogens is 4. The summed E-state index contributed by atoms with van der Waals surface area (Å²) in [7, 11) is -2.14. The number of halogens is 2. The summed E-state index contributed by atoms with van der Waals surface area (Å²) in [5.41, 5.74) is 1.31. The normalized spacial score (nSPS) is 18.4. The molecular weight excluding hydrogens is 673 g/mol. The van der Waals surface area contributed by atoms with E-state index in [4.69, 9.17) is 18.6 Å². The molecule has 0 radical (unpaired) electrons. The molecule has 1 fully saturated rings. The molecule has 0 aliphatic heterocycles. The van der Waals surface area contributed by atoms with Crippen molar-refractivity contribution in [2.45, 2.75) is 81.3 Å². The van der Waals surface area contributed by atoms with Crippen LogP contribution in [0.1, 0.15) is 50.8 Å². The first-order chi connectivity index (χ1) is 23.1. The second-order valence-electron chi connectivity index (χ2n) is 13.6. The van der Waals surface area contributed by atoms with E-state index in [0.29, 0.717) is 36.0 Å². The van der Waals surface area contributed by atoms with Crippen LogP contribution in [-0.4, -0.2) is 62.9 Å². The fraction of sp³-hybridized carbons (Fsp3) is 0.441. The number of anilines is 1. The molecular formula is C34H43F2N5O6SSi. The van der Waals surface area contributed by atoms with Gasteiger partial charge in [0.15, 0.2) is 19.9 Å². The molecule has 5 rings (SSSR count). The summed E-state index contributed by atoms with van der Waals surface area (Å²) in [4.78, 5) is 7.09. The van der Waals surface area contributed by atoms with E-state index < -0.39 is 46.7 Å². The third-order valence-corrected chi connectivity index (χ3v) is 15.7. The first-order valence-corrected chi connectivity index (χ1v) is 20.2. The lowest BCUT2D eigenvalue weighted by molar-refractivity contribution is 0.147. The highest BCUT2D eigenvalue weighted by atomic mass is 32.2. The Morgan fingerprint density at radius 3 is 2.35 bits per heavy atom. The Balaban J connectivity index is 1.47. The maximum absolute atomic E-state index is 16.0. The smallest absolute Gasteiger partial charge is 0.268 e. The number of benzene rings is 2. The molecule has 0 N–H and O–H groups in total. The molecule has 3 atom stereocenters. The molecule has 2 aromatic heterocycles. The topological polar surface area (TPSA) is 118 Å². The summed E-state index contributed by atoms with van der Waals surface area (Å²) in [5.74, 6) is -2.05. The lowest BCUT2D eigenvalue weighted by Crippen LogP contribution is -2.43.